The standard InChI is InChI=1S/C26H29FN4O5S/c1-37(35,36)29-19-4-2-3-16(11-19)14-30-9-7-17(8-10-30)20-12-18-15-31(26(34)21(18)13-22(20)27)23-5-6-24(32)28-25(23)33/h2-4,11-13,17,23,29H,5-10,14-15H2,1H3,(H,28,32,33). The summed E-state index contributed by atoms with van der Waals surface area (Å²) in [5, 5.41) is 2.28. The molecule has 9 nitrogen and oxygen atoms in total. The zero-order valence-corrected chi connectivity index (χ0v) is 21.3. The first-order valence-electron chi connectivity index (χ1n) is 12.3. The summed E-state index contributed by atoms with van der Waals surface area (Å²) >= 11 is 0. The lowest BCUT2D eigenvalue weighted by molar-refractivity contribution is -0.136. The minimum absolute atomic E-state index is 0.0135. The van der Waals surface area contributed by atoms with Gasteiger partial charge < -0.3 is 4.90 Å². The molecular formula is C26H29FN4O5S. The van der Waals surface area contributed by atoms with Crippen LogP contribution in [0.1, 0.15) is 58.6 Å². The van der Waals surface area contributed by atoms with Gasteiger partial charge in [0.25, 0.3) is 5.91 Å². The molecule has 0 aromatic heterocycles. The molecule has 2 aromatic rings. The van der Waals surface area contributed by atoms with Crippen molar-refractivity contribution in [3.63, 3.8) is 0 Å². The Kier molecular flexibility index (Phi) is 6.76. The molecule has 3 aliphatic rings. The highest BCUT2D eigenvalue weighted by molar-refractivity contribution is 7.92. The molecule has 3 aliphatic heterocycles. The Labute approximate surface area is 215 Å². The molecule has 0 spiro atoms. The molecule has 0 aliphatic carbocycles. The van der Waals surface area contributed by atoms with Crippen LogP contribution in [0.5, 0.6) is 0 Å². The van der Waals surface area contributed by atoms with Crippen LogP contribution in [-0.2, 0) is 32.7 Å². The molecule has 1 atom stereocenters. The van der Waals surface area contributed by atoms with Gasteiger partial charge in [0.2, 0.25) is 21.8 Å². The molecule has 2 saturated heterocycles. The number of rotatable bonds is 6. The monoisotopic (exact) mass is 528 g/mol. The molecule has 37 heavy (non-hydrogen) atoms. The number of anilines is 1. The molecule has 3 heterocycles. The fourth-order valence-electron chi connectivity index (χ4n) is 5.53. The molecule has 2 aromatic carbocycles. The quantitative estimate of drug-likeness (QED) is 0.556. The van der Waals surface area contributed by atoms with Crippen molar-refractivity contribution in [1.29, 1.82) is 0 Å². The van der Waals surface area contributed by atoms with Gasteiger partial charge in [-0.25, -0.2) is 12.8 Å². The van der Waals surface area contributed by atoms with Crippen molar-refractivity contribution >= 4 is 33.4 Å². The third kappa shape index (κ3) is 5.52. The van der Waals surface area contributed by atoms with Gasteiger partial charge in [-0.15, -0.1) is 0 Å². The van der Waals surface area contributed by atoms with E-state index in [1.807, 2.05) is 18.2 Å². The van der Waals surface area contributed by atoms with Gasteiger partial charge in [0, 0.05) is 30.8 Å². The van der Waals surface area contributed by atoms with Crippen LogP contribution in [0.25, 0.3) is 0 Å². The number of nitrogens with one attached hydrogen (secondary N) is 2. The number of amides is 3. The van der Waals surface area contributed by atoms with E-state index in [1.54, 1.807) is 12.1 Å². The van der Waals surface area contributed by atoms with Crippen molar-refractivity contribution in [2.24, 2.45) is 0 Å². The molecular weight excluding hydrogens is 499 g/mol. The number of benzene rings is 2. The summed E-state index contributed by atoms with van der Waals surface area (Å²) in [5.41, 5.74) is 3.10. The maximum absolute atomic E-state index is 15.2. The Balaban J connectivity index is 1.23. The highest BCUT2D eigenvalue weighted by Crippen LogP contribution is 2.35. The van der Waals surface area contributed by atoms with E-state index >= 15 is 4.39 Å². The van der Waals surface area contributed by atoms with Crippen molar-refractivity contribution in [2.75, 3.05) is 24.1 Å². The van der Waals surface area contributed by atoms with E-state index in [0.29, 0.717) is 23.4 Å². The van der Waals surface area contributed by atoms with Crippen molar-refractivity contribution in [3.05, 3.63) is 64.5 Å². The molecule has 5 rings (SSSR count). The normalized spacial score (nSPS) is 21.2. The fraction of sp³-hybridized carbons (Fsp3) is 0.423. The molecule has 196 valence electrons. The number of nitrogens with zero attached hydrogens (tertiary/aromatic N) is 2. The van der Waals surface area contributed by atoms with E-state index in [2.05, 4.69) is 14.9 Å². The Morgan fingerprint density at radius 2 is 1.84 bits per heavy atom. The third-order valence-electron chi connectivity index (χ3n) is 7.30. The van der Waals surface area contributed by atoms with Crippen LogP contribution in [0.3, 0.4) is 0 Å². The number of fused-ring (bicyclic) bond motifs is 1. The summed E-state index contributed by atoms with van der Waals surface area (Å²) in [4.78, 5) is 40.4. The number of sulfonamides is 1. The molecule has 2 fully saturated rings. The topological polar surface area (TPSA) is 116 Å². The average Bonchev–Trinajstić information content (AvgIpc) is 3.13. The number of carbonyl (C=O) groups excluding carboxylic acids is 3. The van der Waals surface area contributed by atoms with Gasteiger partial charge in [-0.1, -0.05) is 18.2 Å². The number of carbonyl (C=O) groups is 3. The summed E-state index contributed by atoms with van der Waals surface area (Å²) in [7, 11) is -3.35. The molecule has 3 amide bonds. The van der Waals surface area contributed by atoms with E-state index in [1.165, 1.54) is 11.0 Å². The average molecular weight is 529 g/mol. The predicted molar refractivity (Wildman–Crippen MR) is 135 cm³/mol. The van der Waals surface area contributed by atoms with Gasteiger partial charge >= 0.3 is 0 Å². The number of imide groups is 1. The first kappa shape index (κ1) is 25.3. The zero-order chi connectivity index (χ0) is 26.3. The Bertz CT molecular complexity index is 1370. The van der Waals surface area contributed by atoms with Gasteiger partial charge in [0.1, 0.15) is 11.9 Å². The number of hydrogen-bond donors (Lipinski definition) is 2. The minimum Gasteiger partial charge on any atom is -0.322 e. The van der Waals surface area contributed by atoms with Crippen molar-refractivity contribution in [3.8, 4) is 0 Å². The smallest absolute Gasteiger partial charge is 0.255 e. The van der Waals surface area contributed by atoms with E-state index in [9.17, 15) is 22.8 Å². The second-order valence-electron chi connectivity index (χ2n) is 10.1. The largest absolute Gasteiger partial charge is 0.322 e. The number of hydrogen-bond acceptors (Lipinski definition) is 6. The zero-order valence-electron chi connectivity index (χ0n) is 20.5. The second kappa shape index (κ2) is 9.86. The van der Waals surface area contributed by atoms with Crippen LogP contribution in [-0.4, -0.2) is 61.3 Å². The van der Waals surface area contributed by atoms with Crippen LogP contribution in [0, 0.1) is 5.82 Å². The van der Waals surface area contributed by atoms with Gasteiger partial charge in [0.05, 0.1) is 6.26 Å². The second-order valence-corrected chi connectivity index (χ2v) is 11.8. The number of piperidine rings is 2. The van der Waals surface area contributed by atoms with Crippen molar-refractivity contribution in [1.82, 2.24) is 15.1 Å². The van der Waals surface area contributed by atoms with Crippen LogP contribution in [0.15, 0.2) is 36.4 Å². The van der Waals surface area contributed by atoms with E-state index in [0.717, 1.165) is 37.8 Å². The summed E-state index contributed by atoms with van der Waals surface area (Å²) in [6.07, 6.45) is 3.06. The van der Waals surface area contributed by atoms with Crippen LogP contribution >= 0.6 is 0 Å². The van der Waals surface area contributed by atoms with Gasteiger partial charge in [0.15, 0.2) is 0 Å². The first-order valence-corrected chi connectivity index (χ1v) is 14.2. The summed E-state index contributed by atoms with van der Waals surface area (Å²) in [6, 6.07) is 9.64. The molecule has 2 N–H and O–H groups in total. The summed E-state index contributed by atoms with van der Waals surface area (Å²) in [5.74, 6) is -1.60. The van der Waals surface area contributed by atoms with Gasteiger partial charge in [-0.3, -0.25) is 29.3 Å². The lowest BCUT2D eigenvalue weighted by Crippen LogP contribution is -2.52. The third-order valence-corrected chi connectivity index (χ3v) is 7.91. The Hall–Kier alpha value is -3.31. The maximum atomic E-state index is 15.2. The SMILES string of the molecule is CS(=O)(=O)Nc1cccc(CN2CCC(c3cc4c(cc3F)C(=O)N(C3CCC(=O)NC3=O)C4)CC2)c1. The highest BCUT2D eigenvalue weighted by Gasteiger charge is 2.40. The van der Waals surface area contributed by atoms with Crippen molar-refractivity contribution in [2.45, 2.75) is 50.7 Å². The molecule has 0 radical (unpaired) electrons. The lowest BCUT2D eigenvalue weighted by atomic mass is 9.87. The Morgan fingerprint density at radius 1 is 1.08 bits per heavy atom. The predicted octanol–water partition coefficient (Wildman–Crippen LogP) is 2.34. The first-order chi connectivity index (χ1) is 17.6. The fourth-order valence-corrected chi connectivity index (χ4v) is 6.08. The summed E-state index contributed by atoms with van der Waals surface area (Å²) < 4.78 is 40.7. The molecule has 0 bridgehead atoms. The summed E-state index contributed by atoms with van der Waals surface area (Å²) in [6.45, 7) is 2.40. The van der Waals surface area contributed by atoms with Crippen LogP contribution in [0.4, 0.5) is 10.1 Å². The lowest BCUT2D eigenvalue weighted by Gasteiger charge is -2.32. The molecule has 11 heteroatoms. The number of likely N-dealkylation sites (tertiary alicyclic amines) is 1. The van der Waals surface area contributed by atoms with Gasteiger partial charge in [-0.2, -0.15) is 0 Å². The highest BCUT2D eigenvalue weighted by atomic mass is 32.2. The molecule has 0 saturated carbocycles. The van der Waals surface area contributed by atoms with Crippen LogP contribution < -0.4 is 10.0 Å². The van der Waals surface area contributed by atoms with E-state index in [-0.39, 0.29) is 42.7 Å². The minimum atomic E-state index is -3.35. The molecule has 1 unspecified atom stereocenters. The van der Waals surface area contributed by atoms with E-state index in [4.69, 9.17) is 0 Å². The Morgan fingerprint density at radius 3 is 2.54 bits per heavy atom. The van der Waals surface area contributed by atoms with Crippen LogP contribution in [0.2, 0.25) is 0 Å². The van der Waals surface area contributed by atoms with Gasteiger partial charge in [-0.05, 0) is 73.2 Å². The van der Waals surface area contributed by atoms with E-state index < -0.39 is 27.8 Å². The number of halogens is 1. The van der Waals surface area contributed by atoms with Crippen molar-refractivity contribution < 1.29 is 27.2 Å². The maximum Gasteiger partial charge on any atom is 0.255 e.